The average Bonchev–Trinajstić information content (AvgIpc) is 1.87. The highest BCUT2D eigenvalue weighted by Crippen LogP contribution is 1.89. The minimum Gasteiger partial charge on any atom is -0.481 e. The molecule has 0 unspecified atom stereocenters. The first-order valence-corrected chi connectivity index (χ1v) is 3.54. The van der Waals surface area contributed by atoms with E-state index in [0.717, 1.165) is 0 Å². The number of aliphatic carboxylic acids is 1. The Kier molecular flexibility index (Phi) is 5.89. The molecule has 54 valence electrons. The first-order chi connectivity index (χ1) is 4.77. The Morgan fingerprint density at radius 1 is 1.70 bits per heavy atom. The van der Waals surface area contributed by atoms with Crippen LogP contribution in [-0.2, 0) is 4.79 Å². The molecule has 0 aliphatic rings. The fraction of sp³-hybridized carbons (Fsp3) is 0.286. The number of carboxylic acids is 1. The van der Waals surface area contributed by atoms with Gasteiger partial charge in [-0.15, -0.1) is 0 Å². The minimum atomic E-state index is -0.781. The maximum absolute atomic E-state index is 9.95. The Morgan fingerprint density at radius 3 is 2.90 bits per heavy atom. The van der Waals surface area contributed by atoms with E-state index in [1.54, 1.807) is 12.2 Å². The van der Waals surface area contributed by atoms with Crippen molar-refractivity contribution in [3.05, 3.63) is 12.2 Å². The van der Waals surface area contributed by atoms with E-state index in [1.807, 2.05) is 0 Å². The van der Waals surface area contributed by atoms with Crippen molar-refractivity contribution in [1.29, 1.82) is 0 Å². The first-order valence-electron chi connectivity index (χ1n) is 2.75. The van der Waals surface area contributed by atoms with Crippen LogP contribution in [0.5, 0.6) is 0 Å². The van der Waals surface area contributed by atoms with E-state index in [0.29, 0.717) is 6.42 Å². The second-order valence-electron chi connectivity index (χ2n) is 1.57. The Bertz CT molecular complexity index is 186. The van der Waals surface area contributed by atoms with Crippen molar-refractivity contribution in [3.8, 4) is 10.8 Å². The van der Waals surface area contributed by atoms with Crippen LogP contribution in [0.4, 0.5) is 0 Å². The summed E-state index contributed by atoms with van der Waals surface area (Å²) in [6.07, 6.45) is 4.05. The molecule has 0 aliphatic carbocycles. The molecule has 0 radical (unpaired) electrons. The Labute approximate surface area is 68.1 Å². The zero-order chi connectivity index (χ0) is 7.82. The first kappa shape index (κ1) is 9.25. The lowest BCUT2D eigenvalue weighted by Gasteiger charge is -1.83. The third-order valence-corrected chi connectivity index (χ3v) is 1.01. The molecule has 0 saturated carbocycles. The van der Waals surface area contributed by atoms with Crippen molar-refractivity contribution >= 4 is 21.9 Å². The summed E-state index contributed by atoms with van der Waals surface area (Å²) in [5.74, 6) is 1.83. The van der Waals surface area contributed by atoms with Crippen molar-refractivity contribution in [2.45, 2.75) is 12.8 Å². The molecule has 3 heteroatoms. The van der Waals surface area contributed by atoms with E-state index in [-0.39, 0.29) is 6.42 Å². The molecular formula is C7H7BrO2. The molecule has 0 rings (SSSR count). The Balaban J connectivity index is 3.33. The molecule has 1 N–H and O–H groups in total. The molecule has 0 heterocycles. The van der Waals surface area contributed by atoms with Crippen LogP contribution >= 0.6 is 15.9 Å². The third-order valence-electron chi connectivity index (χ3n) is 0.781. The summed E-state index contributed by atoms with van der Waals surface area (Å²) in [7, 11) is 0. The minimum absolute atomic E-state index is 0.167. The van der Waals surface area contributed by atoms with Gasteiger partial charge in [0, 0.05) is 22.4 Å². The molecule has 10 heavy (non-hydrogen) atoms. The van der Waals surface area contributed by atoms with E-state index in [4.69, 9.17) is 5.11 Å². The van der Waals surface area contributed by atoms with Crippen LogP contribution in [0.2, 0.25) is 0 Å². The quantitative estimate of drug-likeness (QED) is 0.709. The number of carbonyl (C=O) groups is 1. The molecule has 2 nitrogen and oxygen atoms in total. The second-order valence-corrected chi connectivity index (χ2v) is 1.97. The monoisotopic (exact) mass is 202 g/mol. The highest BCUT2D eigenvalue weighted by molar-refractivity contribution is 9.12. The summed E-state index contributed by atoms with van der Waals surface area (Å²) in [5.41, 5.74) is 0. The Hall–Kier alpha value is -0.750. The number of halogens is 1. The van der Waals surface area contributed by atoms with Gasteiger partial charge in [-0.1, -0.05) is 12.0 Å². The lowest BCUT2D eigenvalue weighted by Crippen LogP contribution is -1.91. The van der Waals surface area contributed by atoms with Gasteiger partial charge in [0.1, 0.15) is 0 Å². The molecular weight excluding hydrogens is 196 g/mol. The maximum atomic E-state index is 9.95. The summed E-state index contributed by atoms with van der Waals surface area (Å²) >= 11 is 2.90. The SMILES string of the molecule is O=C(O)CC/C=C/C#CBr. The Morgan fingerprint density at radius 2 is 2.40 bits per heavy atom. The van der Waals surface area contributed by atoms with Gasteiger partial charge in [0.2, 0.25) is 0 Å². The predicted octanol–water partition coefficient (Wildman–Crippen LogP) is 1.76. The van der Waals surface area contributed by atoms with Crippen molar-refractivity contribution in [3.63, 3.8) is 0 Å². The summed E-state index contributed by atoms with van der Waals surface area (Å²) < 4.78 is 0. The predicted molar refractivity (Wildman–Crippen MR) is 42.7 cm³/mol. The van der Waals surface area contributed by atoms with E-state index < -0.39 is 5.97 Å². The van der Waals surface area contributed by atoms with Crippen LogP contribution in [0.1, 0.15) is 12.8 Å². The van der Waals surface area contributed by atoms with E-state index >= 15 is 0 Å². The van der Waals surface area contributed by atoms with Gasteiger partial charge in [0.05, 0.1) is 0 Å². The number of allylic oxidation sites excluding steroid dienone is 2. The largest absolute Gasteiger partial charge is 0.481 e. The zero-order valence-corrected chi connectivity index (χ0v) is 6.89. The van der Waals surface area contributed by atoms with Gasteiger partial charge in [0.15, 0.2) is 0 Å². The fourth-order valence-corrected chi connectivity index (χ4v) is 0.513. The number of hydrogen-bond acceptors (Lipinski definition) is 1. The van der Waals surface area contributed by atoms with Gasteiger partial charge in [-0.3, -0.25) is 4.79 Å². The molecule has 0 atom stereocenters. The molecule has 0 amide bonds. The van der Waals surface area contributed by atoms with Gasteiger partial charge in [-0.05, 0) is 17.3 Å². The lowest BCUT2D eigenvalue weighted by molar-refractivity contribution is -0.136. The maximum Gasteiger partial charge on any atom is 0.303 e. The van der Waals surface area contributed by atoms with Crippen LogP contribution in [0.25, 0.3) is 0 Å². The summed E-state index contributed by atoms with van der Waals surface area (Å²) in [6, 6.07) is 0. The van der Waals surface area contributed by atoms with Gasteiger partial charge in [-0.25, -0.2) is 0 Å². The smallest absolute Gasteiger partial charge is 0.303 e. The van der Waals surface area contributed by atoms with Gasteiger partial charge in [0.25, 0.3) is 0 Å². The summed E-state index contributed by atoms with van der Waals surface area (Å²) in [6.45, 7) is 0. The van der Waals surface area contributed by atoms with Crippen LogP contribution < -0.4 is 0 Å². The molecule has 0 aromatic rings. The van der Waals surface area contributed by atoms with Crippen molar-refractivity contribution in [2.24, 2.45) is 0 Å². The van der Waals surface area contributed by atoms with Crippen LogP contribution in [-0.4, -0.2) is 11.1 Å². The van der Waals surface area contributed by atoms with Crippen molar-refractivity contribution < 1.29 is 9.90 Å². The zero-order valence-electron chi connectivity index (χ0n) is 5.30. The standard InChI is InChI=1S/C7H7BrO2/c8-6-4-2-1-3-5-7(9)10/h1-2H,3,5H2,(H,9,10)/b2-1+. The van der Waals surface area contributed by atoms with E-state index in [9.17, 15) is 4.79 Å². The number of carboxylic acid groups (broad SMARTS) is 1. The van der Waals surface area contributed by atoms with Crippen LogP contribution in [0.15, 0.2) is 12.2 Å². The third kappa shape index (κ3) is 7.25. The van der Waals surface area contributed by atoms with E-state index in [2.05, 4.69) is 26.7 Å². The molecule has 0 aliphatic heterocycles. The lowest BCUT2D eigenvalue weighted by atomic mass is 10.3. The molecule has 0 saturated heterocycles. The molecule has 0 aromatic carbocycles. The molecule has 0 aromatic heterocycles. The molecule has 0 bridgehead atoms. The normalized spacial score (nSPS) is 8.90. The molecule has 0 fully saturated rings. The van der Waals surface area contributed by atoms with Crippen LogP contribution in [0, 0.1) is 10.8 Å². The van der Waals surface area contributed by atoms with Gasteiger partial charge < -0.3 is 5.11 Å². The topological polar surface area (TPSA) is 37.3 Å². The molecule has 0 spiro atoms. The summed E-state index contributed by atoms with van der Waals surface area (Å²) in [4.78, 5) is 12.4. The fourth-order valence-electron chi connectivity index (χ4n) is 0.381. The van der Waals surface area contributed by atoms with Crippen molar-refractivity contribution in [1.82, 2.24) is 0 Å². The highest BCUT2D eigenvalue weighted by atomic mass is 79.9. The van der Waals surface area contributed by atoms with E-state index in [1.165, 1.54) is 0 Å². The summed E-state index contributed by atoms with van der Waals surface area (Å²) in [5, 5.41) is 8.19. The second kappa shape index (κ2) is 6.37. The average molecular weight is 203 g/mol. The highest BCUT2D eigenvalue weighted by Gasteiger charge is 1.90. The van der Waals surface area contributed by atoms with Gasteiger partial charge >= 0.3 is 5.97 Å². The number of hydrogen-bond donors (Lipinski definition) is 1. The van der Waals surface area contributed by atoms with Gasteiger partial charge in [-0.2, -0.15) is 0 Å². The number of rotatable bonds is 3. The van der Waals surface area contributed by atoms with Crippen molar-refractivity contribution in [2.75, 3.05) is 0 Å². The van der Waals surface area contributed by atoms with Crippen LogP contribution in [0.3, 0.4) is 0 Å².